The number of aryl methyl sites for hydroxylation is 3. The third-order valence-electron chi connectivity index (χ3n) is 5.93. The molecule has 7 heteroatoms. The highest BCUT2D eigenvalue weighted by Gasteiger charge is 2.17. The number of amides is 1. The molecule has 0 saturated carbocycles. The predicted molar refractivity (Wildman–Crippen MR) is 138 cm³/mol. The number of hydrogen-bond donors (Lipinski definition) is 1. The minimum absolute atomic E-state index is 0.0991. The maximum Gasteiger partial charge on any atom is 0.281 e. The Hall–Kier alpha value is -3.45. The molecule has 0 aliphatic heterocycles. The summed E-state index contributed by atoms with van der Waals surface area (Å²) in [7, 11) is 0. The molecule has 2 heterocycles. The Labute approximate surface area is 203 Å². The van der Waals surface area contributed by atoms with E-state index in [-0.39, 0.29) is 16.9 Å². The van der Waals surface area contributed by atoms with Gasteiger partial charge < -0.3 is 4.74 Å². The van der Waals surface area contributed by atoms with E-state index < -0.39 is 0 Å². The van der Waals surface area contributed by atoms with Crippen LogP contribution in [0.3, 0.4) is 0 Å². The van der Waals surface area contributed by atoms with Gasteiger partial charge in [-0.25, -0.2) is 9.66 Å². The van der Waals surface area contributed by atoms with Crippen molar-refractivity contribution in [3.63, 3.8) is 0 Å². The number of carbonyl (C=O) groups excluding carboxylic acids is 1. The zero-order valence-electron chi connectivity index (χ0n) is 20.4. The Morgan fingerprint density at radius 2 is 1.68 bits per heavy atom. The summed E-state index contributed by atoms with van der Waals surface area (Å²) < 4.78 is 7.11. The van der Waals surface area contributed by atoms with Crippen LogP contribution >= 0.6 is 11.3 Å². The summed E-state index contributed by atoms with van der Waals surface area (Å²) in [5.41, 5.74) is 6.07. The lowest BCUT2D eigenvalue weighted by Gasteiger charge is -2.19. The van der Waals surface area contributed by atoms with Gasteiger partial charge in [0.05, 0.1) is 5.39 Å². The smallest absolute Gasteiger partial charge is 0.281 e. The van der Waals surface area contributed by atoms with E-state index in [1.54, 1.807) is 19.1 Å². The third kappa shape index (κ3) is 4.75. The first-order valence-corrected chi connectivity index (χ1v) is 12.0. The van der Waals surface area contributed by atoms with Crippen LogP contribution in [0, 0.1) is 20.8 Å². The van der Waals surface area contributed by atoms with E-state index in [9.17, 15) is 9.59 Å². The number of carbonyl (C=O) groups is 1. The lowest BCUT2D eigenvalue weighted by atomic mass is 9.87. The van der Waals surface area contributed by atoms with Crippen LogP contribution < -0.4 is 15.7 Å². The molecule has 6 nitrogen and oxygen atoms in total. The molecule has 0 atom stereocenters. The van der Waals surface area contributed by atoms with E-state index in [0.717, 1.165) is 21.8 Å². The lowest BCUT2D eigenvalue weighted by Crippen LogP contribution is -2.35. The van der Waals surface area contributed by atoms with Gasteiger partial charge in [0.25, 0.3) is 11.5 Å². The fourth-order valence-corrected chi connectivity index (χ4v) is 4.73. The molecule has 4 rings (SSSR count). The number of rotatable bonds is 5. The zero-order chi connectivity index (χ0) is 24.6. The molecule has 0 unspecified atom stereocenters. The highest BCUT2D eigenvalue weighted by atomic mass is 32.1. The Morgan fingerprint density at radius 1 is 1.03 bits per heavy atom. The highest BCUT2D eigenvalue weighted by molar-refractivity contribution is 7.18. The molecule has 1 amide bonds. The fraction of sp³-hybridized carbons (Fsp3) is 0.296. The van der Waals surface area contributed by atoms with Crippen molar-refractivity contribution < 1.29 is 9.53 Å². The molecule has 0 fully saturated rings. The quantitative estimate of drug-likeness (QED) is 0.405. The van der Waals surface area contributed by atoms with E-state index in [1.807, 2.05) is 38.1 Å². The Bertz CT molecular complexity index is 1410. The Balaban J connectivity index is 1.45. The van der Waals surface area contributed by atoms with E-state index in [4.69, 9.17) is 4.74 Å². The summed E-state index contributed by atoms with van der Waals surface area (Å²) >= 11 is 1.49. The standard InChI is InChI=1S/C27H29N3O3S/c1-16-17(2)34-25-23(16)26(32)30(18(3)28-25)29-24(31)20-9-7-19(8-10-20)15-33-22-13-11-21(12-14-22)27(4,5)6/h7-14H,15H2,1-6H3,(H,29,31). The molecule has 34 heavy (non-hydrogen) atoms. The number of benzene rings is 2. The van der Waals surface area contributed by atoms with E-state index >= 15 is 0 Å². The van der Waals surface area contributed by atoms with Gasteiger partial charge in [0.1, 0.15) is 23.0 Å². The summed E-state index contributed by atoms with van der Waals surface area (Å²) in [4.78, 5) is 32.1. The van der Waals surface area contributed by atoms with Gasteiger partial charge in [-0.05, 0) is 67.1 Å². The molecule has 0 spiro atoms. The van der Waals surface area contributed by atoms with Crippen LogP contribution in [0.5, 0.6) is 5.75 Å². The predicted octanol–water partition coefficient (Wildman–Crippen LogP) is 5.64. The molecule has 0 saturated heterocycles. The molecule has 0 bridgehead atoms. The van der Waals surface area contributed by atoms with Gasteiger partial charge in [0.15, 0.2) is 0 Å². The first-order valence-electron chi connectivity index (χ1n) is 11.2. The summed E-state index contributed by atoms with van der Waals surface area (Å²) in [6.45, 7) is 12.5. The topological polar surface area (TPSA) is 73.2 Å². The summed E-state index contributed by atoms with van der Waals surface area (Å²) in [5.74, 6) is 0.863. The maximum absolute atomic E-state index is 13.0. The van der Waals surface area contributed by atoms with Crippen molar-refractivity contribution in [3.05, 3.63) is 91.8 Å². The average molecular weight is 476 g/mol. The monoisotopic (exact) mass is 475 g/mol. The molecular weight excluding hydrogens is 446 g/mol. The molecule has 4 aromatic rings. The second-order valence-electron chi connectivity index (χ2n) is 9.46. The van der Waals surface area contributed by atoms with E-state index in [2.05, 4.69) is 43.3 Å². The fourth-order valence-electron chi connectivity index (χ4n) is 3.66. The van der Waals surface area contributed by atoms with Gasteiger partial charge in [-0.2, -0.15) is 0 Å². The van der Waals surface area contributed by atoms with Crippen LogP contribution in [0.15, 0.2) is 53.3 Å². The maximum atomic E-state index is 13.0. The van der Waals surface area contributed by atoms with Gasteiger partial charge >= 0.3 is 0 Å². The van der Waals surface area contributed by atoms with Gasteiger partial charge in [0.2, 0.25) is 0 Å². The minimum Gasteiger partial charge on any atom is -0.489 e. The number of nitrogens with one attached hydrogen (secondary N) is 1. The van der Waals surface area contributed by atoms with Gasteiger partial charge in [-0.3, -0.25) is 15.0 Å². The van der Waals surface area contributed by atoms with Crippen molar-refractivity contribution in [2.45, 2.75) is 53.6 Å². The summed E-state index contributed by atoms with van der Waals surface area (Å²) in [6.07, 6.45) is 0. The molecule has 0 aliphatic rings. The first-order chi connectivity index (χ1) is 16.0. The molecule has 2 aromatic carbocycles. The second-order valence-corrected chi connectivity index (χ2v) is 10.7. The minimum atomic E-state index is -0.374. The number of thiophene rings is 1. The number of aromatic nitrogens is 2. The van der Waals surface area contributed by atoms with Gasteiger partial charge in [-0.15, -0.1) is 11.3 Å². The molecular formula is C27H29N3O3S. The second kappa shape index (κ2) is 9.06. The number of ether oxygens (including phenoxy) is 1. The van der Waals surface area contributed by atoms with Crippen LogP contribution in [0.1, 0.15) is 58.5 Å². The van der Waals surface area contributed by atoms with Crippen molar-refractivity contribution in [1.29, 1.82) is 0 Å². The van der Waals surface area contributed by atoms with Gasteiger partial charge in [0, 0.05) is 10.4 Å². The molecule has 0 radical (unpaired) electrons. The van der Waals surface area contributed by atoms with Crippen LogP contribution in [0.2, 0.25) is 0 Å². The zero-order valence-corrected chi connectivity index (χ0v) is 21.2. The van der Waals surface area contributed by atoms with Crippen molar-refractivity contribution in [2.24, 2.45) is 0 Å². The van der Waals surface area contributed by atoms with Crippen molar-refractivity contribution >= 4 is 27.5 Å². The van der Waals surface area contributed by atoms with Crippen molar-refractivity contribution in [1.82, 2.24) is 9.66 Å². The average Bonchev–Trinajstić information content (AvgIpc) is 3.08. The van der Waals surface area contributed by atoms with Crippen LogP contribution in [-0.2, 0) is 12.0 Å². The highest BCUT2D eigenvalue weighted by Crippen LogP contribution is 2.26. The van der Waals surface area contributed by atoms with Crippen molar-refractivity contribution in [3.8, 4) is 5.75 Å². The van der Waals surface area contributed by atoms with Crippen molar-refractivity contribution in [2.75, 3.05) is 5.43 Å². The first kappa shape index (κ1) is 23.7. The summed E-state index contributed by atoms with van der Waals surface area (Å²) in [6, 6.07) is 15.3. The van der Waals surface area contributed by atoms with E-state index in [0.29, 0.717) is 28.2 Å². The Kier molecular flexibility index (Phi) is 6.32. The summed E-state index contributed by atoms with van der Waals surface area (Å²) in [5, 5.41) is 0.552. The number of fused-ring (bicyclic) bond motifs is 1. The number of hydrogen-bond acceptors (Lipinski definition) is 5. The van der Waals surface area contributed by atoms with Crippen LogP contribution in [-0.4, -0.2) is 15.6 Å². The van der Waals surface area contributed by atoms with Crippen LogP contribution in [0.25, 0.3) is 10.2 Å². The SMILES string of the molecule is Cc1sc2nc(C)n(NC(=O)c3ccc(COc4ccc(C(C)(C)C)cc4)cc3)c(=O)c2c1C. The molecule has 176 valence electrons. The van der Waals surface area contributed by atoms with Crippen LogP contribution in [0.4, 0.5) is 0 Å². The third-order valence-corrected chi connectivity index (χ3v) is 7.03. The molecule has 0 aliphatic carbocycles. The van der Waals surface area contributed by atoms with E-state index in [1.165, 1.54) is 21.6 Å². The molecule has 1 N–H and O–H groups in total. The molecule has 2 aromatic heterocycles. The normalized spacial score (nSPS) is 11.6. The Morgan fingerprint density at radius 3 is 2.29 bits per heavy atom. The lowest BCUT2D eigenvalue weighted by molar-refractivity contribution is 0.101. The largest absolute Gasteiger partial charge is 0.489 e. The van der Waals surface area contributed by atoms with Gasteiger partial charge in [-0.1, -0.05) is 45.0 Å². The number of nitrogens with zero attached hydrogens (tertiary/aromatic N) is 2.